The van der Waals surface area contributed by atoms with Crippen molar-refractivity contribution >= 4 is 32.2 Å². The maximum Gasteiger partial charge on any atom is 0.227 e. The number of hydrogen-bond donors (Lipinski definition) is 1. The molecule has 0 aliphatic carbocycles. The first-order valence-corrected chi connectivity index (χ1v) is 13.7. The van der Waals surface area contributed by atoms with Crippen LogP contribution in [0, 0.1) is 0 Å². The molecule has 1 amide bonds. The largest absolute Gasteiger partial charge is 0.302 e. The van der Waals surface area contributed by atoms with Gasteiger partial charge in [0.15, 0.2) is 15.0 Å². The van der Waals surface area contributed by atoms with Crippen molar-refractivity contribution in [2.24, 2.45) is 0 Å². The highest BCUT2D eigenvalue weighted by Gasteiger charge is 2.18. The van der Waals surface area contributed by atoms with Gasteiger partial charge in [-0.15, -0.1) is 11.3 Å². The third kappa shape index (κ3) is 5.79. The Morgan fingerprint density at radius 3 is 2.09 bits per heavy atom. The molecule has 0 saturated heterocycles. The second-order valence-electron chi connectivity index (χ2n) is 7.91. The molecule has 34 heavy (non-hydrogen) atoms. The highest BCUT2D eigenvalue weighted by atomic mass is 32.2. The highest BCUT2D eigenvalue weighted by molar-refractivity contribution is 7.91. The molecule has 3 aromatic carbocycles. The number of sulfone groups is 1. The van der Waals surface area contributed by atoms with E-state index in [1.165, 1.54) is 11.3 Å². The van der Waals surface area contributed by atoms with Crippen molar-refractivity contribution < 1.29 is 13.2 Å². The molecule has 0 unspecified atom stereocenters. The summed E-state index contributed by atoms with van der Waals surface area (Å²) >= 11 is 1.45. The first-order chi connectivity index (χ1) is 16.5. The predicted octanol–water partition coefficient (Wildman–Crippen LogP) is 6.23. The van der Waals surface area contributed by atoms with Crippen molar-refractivity contribution in [3.05, 3.63) is 89.8 Å². The van der Waals surface area contributed by atoms with Crippen LogP contribution in [0.15, 0.2) is 89.8 Å². The molecule has 1 heterocycles. The Labute approximate surface area is 204 Å². The van der Waals surface area contributed by atoms with Crippen LogP contribution in [-0.4, -0.2) is 25.1 Å². The van der Waals surface area contributed by atoms with Crippen LogP contribution in [0.3, 0.4) is 0 Å². The van der Waals surface area contributed by atoms with Crippen molar-refractivity contribution in [2.75, 3.05) is 11.1 Å². The van der Waals surface area contributed by atoms with Crippen LogP contribution < -0.4 is 5.32 Å². The third-order valence-corrected chi connectivity index (χ3v) is 8.15. The lowest BCUT2D eigenvalue weighted by Gasteiger charge is -2.05. The van der Waals surface area contributed by atoms with Crippen molar-refractivity contribution in [2.45, 2.75) is 31.1 Å². The summed E-state index contributed by atoms with van der Waals surface area (Å²) in [6, 6.07) is 26.6. The summed E-state index contributed by atoms with van der Waals surface area (Å²) < 4.78 is 24.9. The summed E-state index contributed by atoms with van der Waals surface area (Å²) in [6.07, 6.45) is 1.69. The third-order valence-electron chi connectivity index (χ3n) is 5.39. The van der Waals surface area contributed by atoms with Gasteiger partial charge in [0.2, 0.25) is 5.91 Å². The Balaban J connectivity index is 1.47. The molecular formula is C27H26N2O3S2. The topological polar surface area (TPSA) is 76.1 Å². The van der Waals surface area contributed by atoms with Crippen molar-refractivity contribution in [3.63, 3.8) is 0 Å². The summed E-state index contributed by atoms with van der Waals surface area (Å²) in [4.78, 5) is 18.5. The summed E-state index contributed by atoms with van der Waals surface area (Å²) in [6.45, 7) is 2.11. The fourth-order valence-corrected chi connectivity index (χ4v) is 6.00. The summed E-state index contributed by atoms with van der Waals surface area (Å²) in [5, 5.41) is 3.29. The molecule has 1 aromatic heterocycles. The number of rotatable bonds is 9. The van der Waals surface area contributed by atoms with E-state index in [2.05, 4.69) is 53.6 Å². The van der Waals surface area contributed by atoms with E-state index in [-0.39, 0.29) is 23.0 Å². The Morgan fingerprint density at radius 2 is 1.44 bits per heavy atom. The lowest BCUT2D eigenvalue weighted by Crippen LogP contribution is -2.17. The molecule has 0 radical (unpaired) electrons. The van der Waals surface area contributed by atoms with Crippen molar-refractivity contribution in [3.8, 4) is 22.4 Å². The quantitative estimate of drug-likeness (QED) is 0.302. The minimum atomic E-state index is -3.51. The van der Waals surface area contributed by atoms with E-state index in [0.29, 0.717) is 5.13 Å². The minimum Gasteiger partial charge on any atom is -0.302 e. The van der Waals surface area contributed by atoms with Gasteiger partial charge in [0, 0.05) is 16.9 Å². The molecule has 4 rings (SSSR count). The van der Waals surface area contributed by atoms with Crippen molar-refractivity contribution in [1.82, 2.24) is 4.98 Å². The zero-order valence-corrected chi connectivity index (χ0v) is 20.5. The normalized spacial score (nSPS) is 11.3. The summed E-state index contributed by atoms with van der Waals surface area (Å²) in [7, 11) is -3.51. The fraction of sp³-hybridized carbons (Fsp3) is 0.185. The van der Waals surface area contributed by atoms with Gasteiger partial charge in [-0.1, -0.05) is 86.1 Å². The molecule has 0 saturated carbocycles. The smallest absolute Gasteiger partial charge is 0.227 e. The summed E-state index contributed by atoms with van der Waals surface area (Å²) in [5.41, 5.74) is 4.13. The van der Waals surface area contributed by atoms with Crippen LogP contribution in [0.25, 0.3) is 22.4 Å². The molecule has 0 spiro atoms. The van der Waals surface area contributed by atoms with Gasteiger partial charge in [0.05, 0.1) is 16.3 Å². The predicted molar refractivity (Wildman–Crippen MR) is 139 cm³/mol. The maximum absolute atomic E-state index is 12.5. The van der Waals surface area contributed by atoms with E-state index in [1.54, 1.807) is 30.3 Å². The highest BCUT2D eigenvalue weighted by Crippen LogP contribution is 2.33. The number of amides is 1. The molecular weight excluding hydrogens is 464 g/mol. The molecule has 0 aliphatic heterocycles. The average molecular weight is 491 g/mol. The molecule has 5 nitrogen and oxygen atoms in total. The molecule has 0 atom stereocenters. The SMILES string of the molecule is CCCc1sc(NC(=O)CCS(=O)(=O)c2ccccc2)nc1-c1ccc(-c2ccccc2)cc1. The van der Waals surface area contributed by atoms with E-state index in [4.69, 9.17) is 0 Å². The molecule has 0 bridgehead atoms. The zero-order chi connectivity index (χ0) is 24.0. The summed E-state index contributed by atoms with van der Waals surface area (Å²) in [5.74, 6) is -0.605. The second kappa shape index (κ2) is 10.8. The van der Waals surface area contributed by atoms with Gasteiger partial charge in [-0.05, 0) is 29.7 Å². The lowest BCUT2D eigenvalue weighted by atomic mass is 10.0. The standard InChI is InChI=1S/C27H26N2O3S2/c1-2-9-24-26(22-16-14-21(15-17-22)20-10-5-3-6-11-20)29-27(33-24)28-25(30)18-19-34(31,32)23-12-7-4-8-13-23/h3-8,10-17H,2,9,18-19H2,1H3,(H,28,29,30). The van der Waals surface area contributed by atoms with Crippen LogP contribution in [0.5, 0.6) is 0 Å². The number of hydrogen-bond acceptors (Lipinski definition) is 5. The number of benzene rings is 3. The monoisotopic (exact) mass is 490 g/mol. The number of aromatic nitrogens is 1. The van der Waals surface area contributed by atoms with Crippen LogP contribution >= 0.6 is 11.3 Å². The van der Waals surface area contributed by atoms with E-state index < -0.39 is 9.84 Å². The first-order valence-electron chi connectivity index (χ1n) is 11.2. The van der Waals surface area contributed by atoms with Gasteiger partial charge in [0.25, 0.3) is 0 Å². The van der Waals surface area contributed by atoms with Gasteiger partial charge in [-0.3, -0.25) is 4.79 Å². The van der Waals surface area contributed by atoms with Gasteiger partial charge < -0.3 is 5.32 Å². The van der Waals surface area contributed by atoms with Gasteiger partial charge in [-0.2, -0.15) is 0 Å². The van der Waals surface area contributed by atoms with Gasteiger partial charge in [-0.25, -0.2) is 13.4 Å². The molecule has 0 fully saturated rings. The number of nitrogens with one attached hydrogen (secondary N) is 1. The fourth-order valence-electron chi connectivity index (χ4n) is 3.63. The van der Waals surface area contributed by atoms with Crippen LogP contribution in [-0.2, 0) is 21.1 Å². The Morgan fingerprint density at radius 1 is 0.853 bits per heavy atom. The maximum atomic E-state index is 12.5. The van der Waals surface area contributed by atoms with Gasteiger partial charge >= 0.3 is 0 Å². The Kier molecular flexibility index (Phi) is 7.55. The van der Waals surface area contributed by atoms with Crippen LogP contribution in [0.1, 0.15) is 24.6 Å². The van der Waals surface area contributed by atoms with E-state index in [1.807, 2.05) is 18.2 Å². The Bertz CT molecular complexity index is 1350. The Hall–Kier alpha value is -3.29. The van der Waals surface area contributed by atoms with E-state index >= 15 is 0 Å². The van der Waals surface area contributed by atoms with Crippen molar-refractivity contribution in [1.29, 1.82) is 0 Å². The molecule has 174 valence electrons. The van der Waals surface area contributed by atoms with E-state index in [0.717, 1.165) is 40.1 Å². The number of carbonyl (C=O) groups excluding carboxylic acids is 1. The molecule has 1 N–H and O–H groups in total. The average Bonchev–Trinajstić information content (AvgIpc) is 3.26. The molecule has 4 aromatic rings. The second-order valence-corrected chi connectivity index (χ2v) is 11.1. The van der Waals surface area contributed by atoms with Crippen LogP contribution in [0.2, 0.25) is 0 Å². The number of anilines is 1. The minimum absolute atomic E-state index is 0.124. The number of thiazole rings is 1. The van der Waals surface area contributed by atoms with Gasteiger partial charge in [0.1, 0.15) is 0 Å². The van der Waals surface area contributed by atoms with E-state index in [9.17, 15) is 13.2 Å². The molecule has 7 heteroatoms. The number of nitrogens with zero attached hydrogens (tertiary/aromatic N) is 1. The van der Waals surface area contributed by atoms with Crippen LogP contribution in [0.4, 0.5) is 5.13 Å². The lowest BCUT2D eigenvalue weighted by molar-refractivity contribution is -0.115. The molecule has 0 aliphatic rings. The first kappa shape index (κ1) is 23.9. The number of carbonyl (C=O) groups is 1. The zero-order valence-electron chi connectivity index (χ0n) is 18.9. The number of aryl methyl sites for hydroxylation is 1.